The number of ketones is 1. The van der Waals surface area contributed by atoms with Crippen molar-refractivity contribution in [3.05, 3.63) is 69.8 Å². The van der Waals surface area contributed by atoms with Gasteiger partial charge >= 0.3 is 0 Å². The fourth-order valence-corrected chi connectivity index (χ4v) is 6.28. The van der Waals surface area contributed by atoms with E-state index in [-0.39, 0.29) is 11.8 Å². The molecule has 6 rings (SSSR count). The molecule has 4 aliphatic rings. The van der Waals surface area contributed by atoms with Gasteiger partial charge in [-0.05, 0) is 73.9 Å². The molecule has 4 atom stereocenters. The molecule has 28 heavy (non-hydrogen) atoms. The van der Waals surface area contributed by atoms with Gasteiger partial charge in [-0.1, -0.05) is 35.4 Å². The molecular weight excluding hydrogens is 344 g/mol. The van der Waals surface area contributed by atoms with Gasteiger partial charge in [-0.25, -0.2) is 0 Å². The van der Waals surface area contributed by atoms with E-state index in [9.17, 15) is 4.79 Å². The molecule has 4 aliphatic carbocycles. The summed E-state index contributed by atoms with van der Waals surface area (Å²) in [5.74, 6) is 2.01. The third kappa shape index (κ3) is 2.32. The summed E-state index contributed by atoms with van der Waals surface area (Å²) >= 11 is 0. The highest BCUT2D eigenvalue weighted by atomic mass is 16.1. The lowest BCUT2D eigenvalue weighted by atomic mass is 9.91. The number of nitrogen functional groups attached to an aromatic ring is 2. The zero-order valence-electron chi connectivity index (χ0n) is 16.7. The van der Waals surface area contributed by atoms with Gasteiger partial charge in [-0.15, -0.1) is 0 Å². The number of benzene rings is 2. The molecule has 2 saturated carbocycles. The quantitative estimate of drug-likeness (QED) is 0.481. The Balaban J connectivity index is 0.000000123. The van der Waals surface area contributed by atoms with Gasteiger partial charge in [0.05, 0.1) is 0 Å². The largest absolute Gasteiger partial charge is 0.398 e. The molecule has 4 unspecified atom stereocenters. The van der Waals surface area contributed by atoms with E-state index in [0.29, 0.717) is 17.6 Å². The number of Topliss-reactive ketones (excluding diaryl/α,β-unsaturated/α-hetero) is 1. The van der Waals surface area contributed by atoms with E-state index in [1.165, 1.54) is 35.1 Å². The fraction of sp³-hybridized carbons (Fsp3) is 0.400. The highest BCUT2D eigenvalue weighted by Crippen LogP contribution is 2.59. The average molecular weight is 373 g/mol. The standard InChI is InChI=1S/C14H17N.C11H11NO/c1-8(2)13-10-6-7-11(13)14-9(10)4-3-5-12(14)15;12-9-3-1-2-6-7-4-5-8(10(6)9)11(7)13/h3-5,10-11H,6-7,15H2,1-2H3;1-3,7-8H,4-5,12H2. The van der Waals surface area contributed by atoms with Crippen molar-refractivity contribution >= 4 is 17.2 Å². The molecule has 0 aliphatic heterocycles. The zero-order valence-corrected chi connectivity index (χ0v) is 16.7. The van der Waals surface area contributed by atoms with E-state index in [1.54, 1.807) is 5.57 Å². The molecule has 0 amide bonds. The molecule has 0 aromatic heterocycles. The molecule has 4 N–H and O–H groups in total. The topological polar surface area (TPSA) is 69.1 Å². The van der Waals surface area contributed by atoms with Crippen molar-refractivity contribution < 1.29 is 4.79 Å². The predicted octanol–water partition coefficient (Wildman–Crippen LogP) is 5.39. The Morgan fingerprint density at radius 3 is 1.82 bits per heavy atom. The van der Waals surface area contributed by atoms with E-state index in [2.05, 4.69) is 26.0 Å². The predicted molar refractivity (Wildman–Crippen MR) is 115 cm³/mol. The average Bonchev–Trinajstić information content (AvgIpc) is 3.41. The molecule has 2 fully saturated rings. The van der Waals surface area contributed by atoms with Crippen LogP contribution in [-0.2, 0) is 4.79 Å². The van der Waals surface area contributed by atoms with Gasteiger partial charge in [0, 0.05) is 35.0 Å². The maximum Gasteiger partial charge on any atom is 0.147 e. The van der Waals surface area contributed by atoms with Crippen LogP contribution in [0.1, 0.15) is 85.5 Å². The third-order valence-electron chi connectivity index (χ3n) is 7.30. The van der Waals surface area contributed by atoms with Gasteiger partial charge in [0.15, 0.2) is 0 Å². The minimum absolute atomic E-state index is 0.126. The highest BCUT2D eigenvalue weighted by Gasteiger charge is 2.45. The van der Waals surface area contributed by atoms with Crippen LogP contribution in [0.5, 0.6) is 0 Å². The third-order valence-corrected chi connectivity index (χ3v) is 7.30. The fourth-order valence-electron chi connectivity index (χ4n) is 6.28. The molecule has 144 valence electrons. The minimum atomic E-state index is 0.126. The number of hydrogen-bond acceptors (Lipinski definition) is 3. The second kappa shape index (κ2) is 6.23. The summed E-state index contributed by atoms with van der Waals surface area (Å²) in [6.07, 6.45) is 4.65. The molecule has 3 heteroatoms. The van der Waals surface area contributed by atoms with Crippen LogP contribution in [0.3, 0.4) is 0 Å². The van der Waals surface area contributed by atoms with E-state index in [1.807, 2.05) is 24.3 Å². The second-order valence-corrected chi connectivity index (χ2v) is 8.92. The van der Waals surface area contributed by atoms with Crippen molar-refractivity contribution in [2.24, 2.45) is 0 Å². The first-order chi connectivity index (χ1) is 13.5. The first-order valence-electron chi connectivity index (χ1n) is 10.5. The second-order valence-electron chi connectivity index (χ2n) is 8.92. The van der Waals surface area contributed by atoms with Crippen LogP contribution < -0.4 is 11.5 Å². The molecule has 0 spiro atoms. The molecule has 2 aromatic rings. The van der Waals surface area contributed by atoms with Crippen molar-refractivity contribution in [3.8, 4) is 0 Å². The Hall–Kier alpha value is -2.55. The summed E-state index contributed by atoms with van der Waals surface area (Å²) in [6, 6.07) is 12.3. The SMILES string of the molecule is CC(C)=C1C2CCC1c1c(N)cccc12.Nc1cccc2c1C1CCC2C1=O. The Morgan fingerprint density at radius 2 is 1.25 bits per heavy atom. The van der Waals surface area contributed by atoms with Crippen molar-refractivity contribution in [1.82, 2.24) is 0 Å². The Morgan fingerprint density at radius 1 is 0.750 bits per heavy atom. The summed E-state index contributed by atoms with van der Waals surface area (Å²) < 4.78 is 0. The number of hydrogen-bond donors (Lipinski definition) is 2. The summed E-state index contributed by atoms with van der Waals surface area (Å²) in [4.78, 5) is 11.7. The van der Waals surface area contributed by atoms with Crippen LogP contribution in [0.4, 0.5) is 11.4 Å². The number of anilines is 2. The Labute approximate surface area is 166 Å². The maximum absolute atomic E-state index is 11.7. The van der Waals surface area contributed by atoms with E-state index < -0.39 is 0 Å². The van der Waals surface area contributed by atoms with Gasteiger partial charge in [-0.3, -0.25) is 4.79 Å². The van der Waals surface area contributed by atoms with Crippen LogP contribution in [0.15, 0.2) is 47.5 Å². The van der Waals surface area contributed by atoms with Gasteiger partial charge in [-0.2, -0.15) is 0 Å². The zero-order chi connectivity index (χ0) is 19.6. The number of nitrogens with two attached hydrogens (primary N) is 2. The molecule has 0 radical (unpaired) electrons. The lowest BCUT2D eigenvalue weighted by Crippen LogP contribution is -2.02. The normalized spacial score (nSPS) is 28.1. The molecule has 0 saturated heterocycles. The molecule has 3 nitrogen and oxygen atoms in total. The Kier molecular flexibility index (Phi) is 3.90. The molecule has 4 bridgehead atoms. The van der Waals surface area contributed by atoms with Crippen LogP contribution in [-0.4, -0.2) is 5.78 Å². The molecule has 0 heterocycles. The van der Waals surface area contributed by atoms with Crippen molar-refractivity contribution in [2.75, 3.05) is 11.5 Å². The van der Waals surface area contributed by atoms with Crippen molar-refractivity contribution in [3.63, 3.8) is 0 Å². The number of fused-ring (bicyclic) bond motifs is 10. The number of rotatable bonds is 0. The van der Waals surface area contributed by atoms with Crippen LogP contribution in [0, 0.1) is 0 Å². The van der Waals surface area contributed by atoms with Crippen LogP contribution in [0.2, 0.25) is 0 Å². The summed E-state index contributed by atoms with van der Waals surface area (Å²) in [5.41, 5.74) is 22.2. The van der Waals surface area contributed by atoms with Crippen molar-refractivity contribution in [1.29, 1.82) is 0 Å². The summed E-state index contributed by atoms with van der Waals surface area (Å²) in [5, 5.41) is 0. The van der Waals surface area contributed by atoms with E-state index in [0.717, 1.165) is 29.8 Å². The number of carbonyl (C=O) groups excluding carboxylic acids is 1. The Bertz CT molecular complexity index is 1020. The van der Waals surface area contributed by atoms with Crippen molar-refractivity contribution in [2.45, 2.75) is 63.2 Å². The number of allylic oxidation sites excluding steroid dienone is 2. The first-order valence-corrected chi connectivity index (χ1v) is 10.5. The minimum Gasteiger partial charge on any atom is -0.398 e. The van der Waals surface area contributed by atoms with Gasteiger partial charge in [0.1, 0.15) is 5.78 Å². The van der Waals surface area contributed by atoms with Gasteiger partial charge in [0.25, 0.3) is 0 Å². The maximum atomic E-state index is 11.7. The number of carbonyl (C=O) groups is 1. The summed E-state index contributed by atoms with van der Waals surface area (Å²) in [7, 11) is 0. The van der Waals surface area contributed by atoms with Crippen LogP contribution >= 0.6 is 0 Å². The lowest BCUT2D eigenvalue weighted by Gasteiger charge is -2.15. The summed E-state index contributed by atoms with van der Waals surface area (Å²) in [6.45, 7) is 4.48. The van der Waals surface area contributed by atoms with Crippen LogP contribution in [0.25, 0.3) is 0 Å². The van der Waals surface area contributed by atoms with E-state index >= 15 is 0 Å². The smallest absolute Gasteiger partial charge is 0.147 e. The van der Waals surface area contributed by atoms with Gasteiger partial charge < -0.3 is 11.5 Å². The highest BCUT2D eigenvalue weighted by molar-refractivity contribution is 6.00. The van der Waals surface area contributed by atoms with E-state index in [4.69, 9.17) is 11.5 Å². The monoisotopic (exact) mass is 372 g/mol. The first kappa shape index (κ1) is 17.5. The molecule has 2 aromatic carbocycles. The lowest BCUT2D eigenvalue weighted by molar-refractivity contribution is -0.119. The molecular formula is C25H28N2O. The van der Waals surface area contributed by atoms with Gasteiger partial charge in [0.2, 0.25) is 0 Å².